The van der Waals surface area contributed by atoms with Crippen molar-refractivity contribution >= 4 is 17.4 Å². The number of amides is 1. The highest BCUT2D eigenvalue weighted by Crippen LogP contribution is 2.49. The van der Waals surface area contributed by atoms with Crippen molar-refractivity contribution < 1.29 is 35.9 Å². The van der Waals surface area contributed by atoms with Crippen molar-refractivity contribution in [2.24, 2.45) is 0 Å². The topological polar surface area (TPSA) is 55.9 Å². The molecule has 1 N–H and O–H groups in total. The van der Waals surface area contributed by atoms with Crippen LogP contribution in [0.4, 0.5) is 32.0 Å². The number of hydrogen-bond acceptors (Lipinski definition) is 5. The maximum absolute atomic E-state index is 14.6. The van der Waals surface area contributed by atoms with Crippen molar-refractivity contribution in [1.82, 2.24) is 15.1 Å². The first-order valence-corrected chi connectivity index (χ1v) is 14.1. The van der Waals surface area contributed by atoms with E-state index < -0.39 is 46.0 Å². The largest absolute Gasteiger partial charge is 0.416 e. The molecule has 12 heteroatoms. The first-order chi connectivity index (χ1) is 19.7. The van der Waals surface area contributed by atoms with Crippen LogP contribution in [0.3, 0.4) is 0 Å². The maximum atomic E-state index is 14.6. The lowest BCUT2D eigenvalue weighted by atomic mass is 9.84. The normalized spacial score (nSPS) is 23.3. The third-order valence-electron chi connectivity index (χ3n) is 8.94. The van der Waals surface area contributed by atoms with Gasteiger partial charge in [0.05, 0.1) is 11.1 Å². The number of aryl methyl sites for hydroxylation is 1. The van der Waals surface area contributed by atoms with Crippen LogP contribution in [0, 0.1) is 6.92 Å². The van der Waals surface area contributed by atoms with E-state index in [-0.39, 0.29) is 18.5 Å². The van der Waals surface area contributed by atoms with Gasteiger partial charge in [0.15, 0.2) is 5.66 Å². The molecule has 2 aromatic rings. The molecule has 0 bridgehead atoms. The molecule has 3 saturated heterocycles. The van der Waals surface area contributed by atoms with E-state index >= 15 is 0 Å². The molecule has 2 aromatic carbocycles. The van der Waals surface area contributed by atoms with Gasteiger partial charge in [0, 0.05) is 24.3 Å². The van der Waals surface area contributed by atoms with Crippen molar-refractivity contribution in [3.63, 3.8) is 0 Å². The number of alkyl halides is 6. The molecule has 228 valence electrons. The monoisotopic (exact) mass is 596 g/mol. The summed E-state index contributed by atoms with van der Waals surface area (Å²) in [5, 5.41) is 3.23. The van der Waals surface area contributed by atoms with Crippen molar-refractivity contribution in [2.75, 3.05) is 44.2 Å². The van der Waals surface area contributed by atoms with Crippen molar-refractivity contribution in [3.8, 4) is 0 Å². The Morgan fingerprint density at radius 1 is 0.905 bits per heavy atom. The van der Waals surface area contributed by atoms with E-state index in [2.05, 4.69) is 10.2 Å². The molecule has 3 aliphatic rings. The van der Waals surface area contributed by atoms with Gasteiger partial charge >= 0.3 is 12.4 Å². The second kappa shape index (κ2) is 10.9. The molecule has 3 heterocycles. The van der Waals surface area contributed by atoms with E-state index in [0.29, 0.717) is 50.3 Å². The van der Waals surface area contributed by atoms with Crippen LogP contribution in [0.25, 0.3) is 0 Å². The molecule has 5 rings (SSSR count). The number of hydrogen-bond donors (Lipinski definition) is 1. The Balaban J connectivity index is 1.72. The second-order valence-corrected chi connectivity index (χ2v) is 11.6. The average molecular weight is 597 g/mol. The van der Waals surface area contributed by atoms with Crippen molar-refractivity contribution in [1.29, 1.82) is 0 Å². The van der Waals surface area contributed by atoms with Crippen LogP contribution in [-0.2, 0) is 17.1 Å². The molecule has 42 heavy (non-hydrogen) atoms. The number of anilines is 1. The van der Waals surface area contributed by atoms with Gasteiger partial charge < -0.3 is 20.0 Å². The van der Waals surface area contributed by atoms with Gasteiger partial charge in [-0.15, -0.1) is 0 Å². The Bertz CT molecular complexity index is 1320. The van der Waals surface area contributed by atoms with Crippen LogP contribution in [0.2, 0.25) is 0 Å². The summed E-state index contributed by atoms with van der Waals surface area (Å²) in [6.07, 6.45) is -7.63. The molecule has 0 radical (unpaired) electrons. The van der Waals surface area contributed by atoms with Crippen LogP contribution >= 0.6 is 0 Å². The van der Waals surface area contributed by atoms with E-state index in [1.54, 1.807) is 36.1 Å². The predicted octanol–water partition coefficient (Wildman–Crippen LogP) is 5.50. The lowest BCUT2D eigenvalue weighted by Crippen LogP contribution is -2.63. The Morgan fingerprint density at radius 3 is 2.02 bits per heavy atom. The quantitative estimate of drug-likeness (QED) is 0.353. The number of piperidine rings is 1. The summed E-state index contributed by atoms with van der Waals surface area (Å²) in [6.45, 7) is 6.34. The fourth-order valence-corrected chi connectivity index (χ4v) is 6.79. The fourth-order valence-electron chi connectivity index (χ4n) is 6.79. The molecular weight excluding hydrogens is 562 g/mol. The second-order valence-electron chi connectivity index (χ2n) is 11.6. The van der Waals surface area contributed by atoms with E-state index in [4.69, 9.17) is 0 Å². The minimum atomic E-state index is -5.12. The summed E-state index contributed by atoms with van der Waals surface area (Å²) >= 11 is 0. The molecule has 1 atom stereocenters. The lowest BCUT2D eigenvalue weighted by Gasteiger charge is -2.47. The van der Waals surface area contributed by atoms with Gasteiger partial charge in [0.25, 0.3) is 5.91 Å². The number of carbonyl (C=O) groups is 2. The summed E-state index contributed by atoms with van der Waals surface area (Å²) in [5.74, 6) is -1.34. The molecule has 3 fully saturated rings. The Hall–Kier alpha value is -3.12. The van der Waals surface area contributed by atoms with Gasteiger partial charge in [-0.05, 0) is 95.5 Å². The number of Topliss-reactive ketones (excluding diaryl/α,β-unsaturated/α-hetero) is 1. The predicted molar refractivity (Wildman–Crippen MR) is 145 cm³/mol. The van der Waals surface area contributed by atoms with E-state index in [1.807, 2.05) is 0 Å². The lowest BCUT2D eigenvalue weighted by molar-refractivity contribution is -0.143. The molecule has 3 aliphatic heterocycles. The van der Waals surface area contributed by atoms with Gasteiger partial charge in [-0.2, -0.15) is 26.3 Å². The molecule has 1 spiro atoms. The zero-order valence-electron chi connectivity index (χ0n) is 23.5. The number of halogens is 6. The van der Waals surface area contributed by atoms with Crippen LogP contribution in [-0.4, -0.2) is 72.0 Å². The zero-order chi connectivity index (χ0) is 30.5. The maximum Gasteiger partial charge on any atom is 0.416 e. The number of nitrogens with one attached hydrogen (secondary N) is 1. The van der Waals surface area contributed by atoms with Crippen LogP contribution < -0.4 is 10.2 Å². The fraction of sp³-hybridized carbons (Fsp3) is 0.533. The number of ketones is 1. The molecule has 0 saturated carbocycles. The summed E-state index contributed by atoms with van der Waals surface area (Å²) in [6, 6.07) is 8.03. The van der Waals surface area contributed by atoms with Gasteiger partial charge in [0.1, 0.15) is 5.54 Å². The number of likely N-dealkylation sites (tertiary alicyclic amines) is 1. The highest BCUT2D eigenvalue weighted by Gasteiger charge is 2.66. The van der Waals surface area contributed by atoms with Gasteiger partial charge in [-0.1, -0.05) is 18.2 Å². The van der Waals surface area contributed by atoms with E-state index in [9.17, 15) is 35.9 Å². The number of para-hydroxylation sites is 1. The Morgan fingerprint density at radius 2 is 1.48 bits per heavy atom. The third-order valence-corrected chi connectivity index (χ3v) is 8.94. The number of carbonyl (C=O) groups excluding carboxylic acids is 2. The summed E-state index contributed by atoms with van der Waals surface area (Å²) in [5.41, 5.74) is -5.73. The molecule has 0 aromatic heterocycles. The summed E-state index contributed by atoms with van der Waals surface area (Å²) in [7, 11) is 0. The van der Waals surface area contributed by atoms with Gasteiger partial charge in [0.2, 0.25) is 5.78 Å². The Labute approximate surface area is 240 Å². The Kier molecular flexibility index (Phi) is 7.84. The van der Waals surface area contributed by atoms with Gasteiger partial charge in [-0.25, -0.2) is 0 Å². The van der Waals surface area contributed by atoms with E-state index in [0.717, 1.165) is 31.5 Å². The number of benzene rings is 2. The van der Waals surface area contributed by atoms with Crippen LogP contribution in [0.5, 0.6) is 0 Å². The SMILES string of the molecule is Cc1ccccc1N1C2(CCNCC2)C(=O)N(CCN2CCCC2)C1(C)C(=O)c1cc(C(F)(F)F)cc(C(F)(F)F)c1. The first kappa shape index (κ1) is 30.3. The molecule has 1 unspecified atom stereocenters. The third kappa shape index (κ3) is 5.16. The van der Waals surface area contributed by atoms with Crippen LogP contribution in [0.1, 0.15) is 59.7 Å². The minimum absolute atomic E-state index is 0.0114. The molecule has 0 aliphatic carbocycles. The van der Waals surface area contributed by atoms with Crippen molar-refractivity contribution in [3.05, 3.63) is 64.7 Å². The highest BCUT2D eigenvalue weighted by atomic mass is 19.4. The minimum Gasteiger partial charge on any atom is -0.327 e. The van der Waals surface area contributed by atoms with Crippen molar-refractivity contribution in [2.45, 2.75) is 63.1 Å². The van der Waals surface area contributed by atoms with E-state index in [1.165, 1.54) is 11.8 Å². The highest BCUT2D eigenvalue weighted by molar-refractivity contribution is 6.12. The van der Waals surface area contributed by atoms with Crippen LogP contribution in [0.15, 0.2) is 42.5 Å². The summed E-state index contributed by atoms with van der Waals surface area (Å²) in [4.78, 5) is 34.4. The average Bonchev–Trinajstić information content (AvgIpc) is 3.51. The standard InChI is InChI=1S/C30H34F6N4O2/c1-20-7-3-4-8-24(20)40-27(2,25(41)21-17-22(29(31,32)33)19-23(18-21)30(34,35)36)39(16-15-38-13-5-6-14-38)26(42)28(40)9-11-37-12-10-28/h3-4,7-8,17-19,37H,5-6,9-16H2,1-2H3. The smallest absolute Gasteiger partial charge is 0.327 e. The number of nitrogens with zero attached hydrogens (tertiary/aromatic N) is 3. The zero-order valence-corrected chi connectivity index (χ0v) is 23.5. The first-order valence-electron chi connectivity index (χ1n) is 14.1. The van der Waals surface area contributed by atoms with Gasteiger partial charge in [-0.3, -0.25) is 9.59 Å². The molecular formula is C30H34F6N4O2. The number of rotatable bonds is 6. The summed E-state index contributed by atoms with van der Waals surface area (Å²) < 4.78 is 82.9. The molecule has 1 amide bonds. The molecule has 6 nitrogen and oxygen atoms in total.